The van der Waals surface area contributed by atoms with Crippen LogP contribution in [0.4, 0.5) is 11.4 Å². The van der Waals surface area contributed by atoms with Crippen molar-refractivity contribution in [1.82, 2.24) is 5.32 Å². The molecule has 1 aliphatic carbocycles. The molecule has 0 aromatic heterocycles. The van der Waals surface area contributed by atoms with E-state index in [1.54, 1.807) is 36.4 Å². The van der Waals surface area contributed by atoms with Crippen LogP contribution in [0.5, 0.6) is 11.5 Å². The van der Waals surface area contributed by atoms with Gasteiger partial charge in [-0.1, -0.05) is 30.5 Å². The summed E-state index contributed by atoms with van der Waals surface area (Å²) in [6, 6.07) is 11.7. The molecule has 0 atom stereocenters. The number of benzene rings is 2. The Bertz CT molecular complexity index is 1140. The predicted octanol–water partition coefficient (Wildman–Crippen LogP) is 3.81. The average molecular weight is 470 g/mol. The summed E-state index contributed by atoms with van der Waals surface area (Å²) in [6.07, 6.45) is 4.19. The van der Waals surface area contributed by atoms with Gasteiger partial charge in [0, 0.05) is 23.4 Å². The van der Waals surface area contributed by atoms with Crippen LogP contribution in [0.2, 0.25) is 0 Å². The maximum Gasteiger partial charge on any atom is 0.283 e. The second-order valence-electron chi connectivity index (χ2n) is 7.83. The molecule has 2 aromatic rings. The number of nitrogens with one attached hydrogen (secondary N) is 2. The molecule has 8 nitrogen and oxygen atoms in total. The lowest BCUT2D eigenvalue weighted by atomic mass is 10.1. The zero-order valence-corrected chi connectivity index (χ0v) is 19.1. The number of nitrogens with zero attached hydrogens (tertiary/aromatic N) is 1. The van der Waals surface area contributed by atoms with Gasteiger partial charge in [0.25, 0.3) is 17.7 Å². The molecule has 1 aliphatic heterocycles. The summed E-state index contributed by atoms with van der Waals surface area (Å²) < 4.78 is 10.5. The average Bonchev–Trinajstić information content (AvgIpc) is 3.41. The summed E-state index contributed by atoms with van der Waals surface area (Å²) in [5.41, 5.74) is 1.04. The number of methoxy groups -OCH3 is 2. The van der Waals surface area contributed by atoms with Crippen LogP contribution in [0.1, 0.15) is 36.0 Å². The molecule has 172 valence electrons. The molecule has 0 bridgehead atoms. The predicted molar refractivity (Wildman–Crippen MR) is 125 cm³/mol. The Morgan fingerprint density at radius 2 is 1.79 bits per heavy atom. The number of carbonyl (C=O) groups is 3. The highest BCUT2D eigenvalue weighted by Crippen LogP contribution is 2.38. The third kappa shape index (κ3) is 4.52. The molecule has 0 unspecified atom stereocenters. The Kier molecular flexibility index (Phi) is 6.55. The summed E-state index contributed by atoms with van der Waals surface area (Å²) in [4.78, 5) is 39.6. The van der Waals surface area contributed by atoms with Crippen molar-refractivity contribution in [3.63, 3.8) is 0 Å². The summed E-state index contributed by atoms with van der Waals surface area (Å²) in [6.45, 7) is 0. The largest absolute Gasteiger partial charge is 0.497 e. The lowest BCUT2D eigenvalue weighted by molar-refractivity contribution is -0.120. The first kappa shape index (κ1) is 22.7. The number of carbonyl (C=O) groups excluding carboxylic acids is 3. The van der Waals surface area contributed by atoms with E-state index in [0.717, 1.165) is 30.6 Å². The molecule has 33 heavy (non-hydrogen) atoms. The number of halogens is 1. The van der Waals surface area contributed by atoms with Crippen LogP contribution in [-0.4, -0.2) is 38.0 Å². The van der Waals surface area contributed by atoms with E-state index in [2.05, 4.69) is 10.6 Å². The fourth-order valence-corrected chi connectivity index (χ4v) is 4.24. The van der Waals surface area contributed by atoms with Gasteiger partial charge in [-0.05, 0) is 43.2 Å². The van der Waals surface area contributed by atoms with Crippen molar-refractivity contribution in [2.24, 2.45) is 0 Å². The number of hydrogen-bond donors (Lipinski definition) is 2. The molecule has 2 aliphatic rings. The quantitative estimate of drug-likeness (QED) is 0.598. The van der Waals surface area contributed by atoms with Gasteiger partial charge in [-0.25, -0.2) is 4.90 Å². The van der Waals surface area contributed by atoms with Crippen molar-refractivity contribution in [1.29, 1.82) is 0 Å². The van der Waals surface area contributed by atoms with E-state index in [-0.39, 0.29) is 28.4 Å². The molecule has 1 fully saturated rings. The molecule has 2 N–H and O–H groups in total. The SMILES string of the molecule is COc1ccc(OC)c(N2C(=O)C(Cl)=C(Nc3cccc(C(=O)NC4CCCC4)c3)C2=O)c1. The monoisotopic (exact) mass is 469 g/mol. The third-order valence-corrected chi connectivity index (χ3v) is 6.09. The minimum atomic E-state index is -0.689. The summed E-state index contributed by atoms with van der Waals surface area (Å²) in [7, 11) is 2.92. The molecule has 1 heterocycles. The molecule has 2 aromatic carbocycles. The van der Waals surface area contributed by atoms with Crippen LogP contribution in [0, 0.1) is 0 Å². The summed E-state index contributed by atoms with van der Waals surface area (Å²) in [5.74, 6) is -0.746. The minimum absolute atomic E-state index is 0.0834. The lowest BCUT2D eigenvalue weighted by Crippen LogP contribution is -2.33. The maximum absolute atomic E-state index is 13.2. The van der Waals surface area contributed by atoms with Crippen molar-refractivity contribution in [2.75, 3.05) is 24.4 Å². The van der Waals surface area contributed by atoms with E-state index < -0.39 is 11.8 Å². The van der Waals surface area contributed by atoms with Crippen molar-refractivity contribution < 1.29 is 23.9 Å². The molecular weight excluding hydrogens is 446 g/mol. The van der Waals surface area contributed by atoms with Crippen LogP contribution >= 0.6 is 11.6 Å². The molecular formula is C24H24ClN3O5. The lowest BCUT2D eigenvalue weighted by Gasteiger charge is -2.19. The second-order valence-corrected chi connectivity index (χ2v) is 8.21. The highest BCUT2D eigenvalue weighted by atomic mass is 35.5. The van der Waals surface area contributed by atoms with Crippen molar-refractivity contribution in [2.45, 2.75) is 31.7 Å². The van der Waals surface area contributed by atoms with Gasteiger partial charge in [-0.15, -0.1) is 0 Å². The van der Waals surface area contributed by atoms with E-state index in [9.17, 15) is 14.4 Å². The van der Waals surface area contributed by atoms with Crippen LogP contribution in [0.25, 0.3) is 0 Å². The van der Waals surface area contributed by atoms with Crippen molar-refractivity contribution >= 4 is 40.7 Å². The van der Waals surface area contributed by atoms with Crippen molar-refractivity contribution in [3.05, 3.63) is 58.8 Å². The fraction of sp³-hybridized carbons (Fsp3) is 0.292. The van der Waals surface area contributed by atoms with Crippen LogP contribution < -0.4 is 25.0 Å². The van der Waals surface area contributed by atoms with Crippen LogP contribution in [0.3, 0.4) is 0 Å². The van der Waals surface area contributed by atoms with Gasteiger partial charge in [-0.2, -0.15) is 0 Å². The Morgan fingerprint density at radius 3 is 2.48 bits per heavy atom. The standard InChI is InChI=1S/C24H24ClN3O5/c1-32-17-10-11-19(33-2)18(13-17)28-23(30)20(25)21(24(28)31)26-16-9-5-6-14(12-16)22(29)27-15-7-3-4-8-15/h5-6,9-13,15,26H,3-4,7-8H2,1-2H3,(H,27,29). The fourth-order valence-electron chi connectivity index (χ4n) is 4.02. The normalized spacial score (nSPS) is 16.4. The van der Waals surface area contributed by atoms with Gasteiger partial charge in [0.15, 0.2) is 0 Å². The first-order chi connectivity index (χ1) is 15.9. The van der Waals surface area contributed by atoms with Gasteiger partial charge in [0.1, 0.15) is 22.2 Å². The second kappa shape index (κ2) is 9.54. The van der Waals surface area contributed by atoms with Gasteiger partial charge >= 0.3 is 0 Å². The molecule has 1 saturated carbocycles. The molecule has 0 spiro atoms. The van der Waals surface area contributed by atoms with E-state index in [1.165, 1.54) is 20.3 Å². The molecule has 9 heteroatoms. The smallest absolute Gasteiger partial charge is 0.283 e. The van der Waals surface area contributed by atoms with Gasteiger partial charge in [-0.3, -0.25) is 14.4 Å². The van der Waals surface area contributed by atoms with Gasteiger partial charge in [0.05, 0.1) is 19.9 Å². The highest BCUT2D eigenvalue weighted by molar-refractivity contribution is 6.53. The molecule has 0 radical (unpaired) electrons. The Hall–Kier alpha value is -3.52. The highest BCUT2D eigenvalue weighted by Gasteiger charge is 2.40. The first-order valence-corrected chi connectivity index (χ1v) is 11.0. The number of imide groups is 1. The molecule has 4 rings (SSSR count). The van der Waals surface area contributed by atoms with Crippen LogP contribution in [-0.2, 0) is 9.59 Å². The Morgan fingerprint density at radius 1 is 1.03 bits per heavy atom. The minimum Gasteiger partial charge on any atom is -0.497 e. The number of ether oxygens (including phenoxy) is 2. The van der Waals surface area contributed by atoms with E-state index in [0.29, 0.717) is 22.7 Å². The summed E-state index contributed by atoms with van der Waals surface area (Å²) >= 11 is 6.26. The zero-order chi connectivity index (χ0) is 23.5. The van der Waals surface area contributed by atoms with Gasteiger partial charge in [0.2, 0.25) is 0 Å². The first-order valence-electron chi connectivity index (χ1n) is 10.6. The zero-order valence-electron chi connectivity index (χ0n) is 18.3. The Labute approximate surface area is 196 Å². The Balaban J connectivity index is 1.56. The third-order valence-electron chi connectivity index (χ3n) is 5.74. The van der Waals surface area contributed by atoms with Crippen LogP contribution in [0.15, 0.2) is 53.2 Å². The van der Waals surface area contributed by atoms with E-state index in [4.69, 9.17) is 21.1 Å². The van der Waals surface area contributed by atoms with E-state index in [1.807, 2.05) is 0 Å². The number of rotatable bonds is 7. The van der Waals surface area contributed by atoms with E-state index >= 15 is 0 Å². The molecule has 0 saturated heterocycles. The summed E-state index contributed by atoms with van der Waals surface area (Å²) in [5, 5.41) is 5.68. The number of amides is 3. The molecule has 3 amide bonds. The van der Waals surface area contributed by atoms with Gasteiger partial charge < -0.3 is 20.1 Å². The number of hydrogen-bond acceptors (Lipinski definition) is 6. The van der Waals surface area contributed by atoms with Crippen molar-refractivity contribution in [3.8, 4) is 11.5 Å². The topological polar surface area (TPSA) is 97.0 Å². The number of anilines is 2. The maximum atomic E-state index is 13.2.